The molecule has 248 valence electrons. The van der Waals surface area contributed by atoms with Gasteiger partial charge in [0, 0.05) is 5.41 Å². The van der Waals surface area contributed by atoms with Crippen molar-refractivity contribution in [2.75, 3.05) is 0 Å². The van der Waals surface area contributed by atoms with Gasteiger partial charge in [-0.25, -0.2) is 0 Å². The number of fused-ring (bicyclic) bond motifs is 10. The summed E-state index contributed by atoms with van der Waals surface area (Å²) < 4.78 is 0. The molecule has 0 aliphatic heterocycles. The molecule has 10 aromatic rings. The molecule has 0 N–H and O–H groups in total. The molecular formula is C53H36. The fraction of sp³-hybridized carbons (Fsp3) is 0.0566. The molecule has 0 atom stereocenters. The number of hydrogen-bond donors (Lipinski definition) is 0. The van der Waals surface area contributed by atoms with Gasteiger partial charge in [-0.2, -0.15) is 0 Å². The Labute approximate surface area is 309 Å². The third-order valence-corrected chi connectivity index (χ3v) is 12.0. The van der Waals surface area contributed by atoms with Gasteiger partial charge in [0.15, 0.2) is 0 Å². The first-order valence-electron chi connectivity index (χ1n) is 18.7. The number of benzene rings is 10. The molecule has 0 saturated carbocycles. The summed E-state index contributed by atoms with van der Waals surface area (Å²) in [4.78, 5) is 0. The van der Waals surface area contributed by atoms with Gasteiger partial charge in [0.05, 0.1) is 0 Å². The van der Waals surface area contributed by atoms with Crippen LogP contribution in [0.1, 0.15) is 25.0 Å². The van der Waals surface area contributed by atoms with Crippen molar-refractivity contribution in [1.29, 1.82) is 0 Å². The quantitative estimate of drug-likeness (QED) is 0.129. The minimum atomic E-state index is -0.0785. The molecule has 0 heteroatoms. The molecule has 1 aliphatic carbocycles. The van der Waals surface area contributed by atoms with Gasteiger partial charge in [-0.15, -0.1) is 0 Å². The van der Waals surface area contributed by atoms with Crippen molar-refractivity contribution in [1.82, 2.24) is 0 Å². The average Bonchev–Trinajstić information content (AvgIpc) is 3.45. The van der Waals surface area contributed by atoms with E-state index in [1.807, 2.05) is 0 Å². The number of rotatable bonds is 3. The van der Waals surface area contributed by atoms with E-state index in [4.69, 9.17) is 0 Å². The molecule has 0 saturated heterocycles. The van der Waals surface area contributed by atoms with Crippen molar-refractivity contribution in [2.45, 2.75) is 19.3 Å². The van der Waals surface area contributed by atoms with Crippen molar-refractivity contribution in [3.05, 3.63) is 193 Å². The van der Waals surface area contributed by atoms with E-state index in [1.165, 1.54) is 109 Å². The van der Waals surface area contributed by atoms with Gasteiger partial charge in [0.2, 0.25) is 0 Å². The van der Waals surface area contributed by atoms with E-state index >= 15 is 0 Å². The Kier molecular flexibility index (Phi) is 6.40. The van der Waals surface area contributed by atoms with Crippen molar-refractivity contribution < 1.29 is 0 Å². The van der Waals surface area contributed by atoms with Gasteiger partial charge in [-0.05, 0) is 122 Å². The van der Waals surface area contributed by atoms with E-state index < -0.39 is 0 Å². The highest BCUT2D eigenvalue weighted by Crippen LogP contribution is 2.53. The highest BCUT2D eigenvalue weighted by atomic mass is 14.4. The fourth-order valence-corrected chi connectivity index (χ4v) is 9.53. The molecule has 0 heterocycles. The molecular weight excluding hydrogens is 637 g/mol. The summed E-state index contributed by atoms with van der Waals surface area (Å²) in [6, 6.07) is 67.9. The molecule has 0 amide bonds. The molecule has 0 spiro atoms. The molecule has 0 unspecified atom stereocenters. The Morgan fingerprint density at radius 3 is 1.42 bits per heavy atom. The van der Waals surface area contributed by atoms with Crippen LogP contribution in [0, 0.1) is 0 Å². The number of hydrogen-bond acceptors (Lipinski definition) is 0. The lowest BCUT2D eigenvalue weighted by Crippen LogP contribution is -2.15. The van der Waals surface area contributed by atoms with Gasteiger partial charge in [-0.1, -0.05) is 184 Å². The lowest BCUT2D eigenvalue weighted by Gasteiger charge is -2.23. The predicted octanol–water partition coefficient (Wildman–Crippen LogP) is 14.8. The second-order valence-electron chi connectivity index (χ2n) is 15.2. The van der Waals surface area contributed by atoms with Gasteiger partial charge < -0.3 is 0 Å². The molecule has 0 bridgehead atoms. The van der Waals surface area contributed by atoms with Crippen molar-refractivity contribution >= 4 is 53.9 Å². The maximum Gasteiger partial charge on any atom is 0.0165 e. The van der Waals surface area contributed by atoms with Crippen LogP contribution >= 0.6 is 0 Å². The first-order chi connectivity index (χ1) is 26.0. The van der Waals surface area contributed by atoms with E-state index in [0.29, 0.717) is 0 Å². The minimum Gasteiger partial charge on any atom is -0.0616 e. The zero-order valence-electron chi connectivity index (χ0n) is 29.8. The van der Waals surface area contributed by atoms with Crippen LogP contribution in [0.5, 0.6) is 0 Å². The van der Waals surface area contributed by atoms with Crippen LogP contribution in [0.25, 0.3) is 98.4 Å². The van der Waals surface area contributed by atoms with Crippen molar-refractivity contribution in [2.24, 2.45) is 0 Å². The Bertz CT molecular complexity index is 3060. The minimum absolute atomic E-state index is 0.0785. The molecule has 1 aliphatic rings. The van der Waals surface area contributed by atoms with Gasteiger partial charge in [0.25, 0.3) is 0 Å². The Morgan fingerprint density at radius 1 is 0.302 bits per heavy atom. The van der Waals surface area contributed by atoms with Crippen molar-refractivity contribution in [3.8, 4) is 44.5 Å². The summed E-state index contributed by atoms with van der Waals surface area (Å²) in [5, 5.41) is 12.9. The summed E-state index contributed by atoms with van der Waals surface area (Å²) in [5.41, 5.74) is 13.0. The normalized spacial score (nSPS) is 13.2. The molecule has 53 heavy (non-hydrogen) atoms. The van der Waals surface area contributed by atoms with E-state index in [-0.39, 0.29) is 5.41 Å². The van der Waals surface area contributed by atoms with Crippen LogP contribution in [0.15, 0.2) is 182 Å². The van der Waals surface area contributed by atoms with Crippen LogP contribution < -0.4 is 0 Å². The molecule has 0 nitrogen and oxygen atoms in total. The standard InChI is InChI=1S/C53H36/c1-53(2)49-30-28-39(32-48(49)46-29-27-35-12-4-6-14-41(35)52(46)53)51-44-17-9-7-15-42(44)50(43-16-8-10-18-45(43)51)37-24-19-33(20-25-37)38-26-23-36-22-21-34-11-3-5-13-40(34)47(36)31-38/h3-32H,1-2H3. The maximum absolute atomic E-state index is 2.47. The van der Waals surface area contributed by atoms with Crippen LogP contribution in [0.3, 0.4) is 0 Å². The van der Waals surface area contributed by atoms with Crippen molar-refractivity contribution in [3.63, 3.8) is 0 Å². The fourth-order valence-electron chi connectivity index (χ4n) is 9.53. The smallest absolute Gasteiger partial charge is 0.0165 e. The topological polar surface area (TPSA) is 0 Å². The lowest BCUT2D eigenvalue weighted by molar-refractivity contribution is 0.666. The van der Waals surface area contributed by atoms with E-state index in [0.717, 1.165) is 0 Å². The largest absolute Gasteiger partial charge is 0.0616 e. The first-order valence-corrected chi connectivity index (χ1v) is 18.7. The molecule has 10 aromatic carbocycles. The third kappa shape index (κ3) is 4.42. The van der Waals surface area contributed by atoms with Gasteiger partial charge in [-0.3, -0.25) is 0 Å². The first kappa shape index (κ1) is 30.2. The van der Waals surface area contributed by atoms with Crippen LogP contribution in [-0.4, -0.2) is 0 Å². The van der Waals surface area contributed by atoms with E-state index in [9.17, 15) is 0 Å². The Hall–Kier alpha value is -6.50. The second kappa shape index (κ2) is 11.2. The second-order valence-corrected chi connectivity index (χ2v) is 15.2. The van der Waals surface area contributed by atoms with E-state index in [1.54, 1.807) is 0 Å². The zero-order valence-corrected chi connectivity index (χ0v) is 29.8. The van der Waals surface area contributed by atoms with E-state index in [2.05, 4.69) is 196 Å². The third-order valence-electron chi connectivity index (χ3n) is 12.0. The summed E-state index contributed by atoms with van der Waals surface area (Å²) in [5.74, 6) is 0. The summed E-state index contributed by atoms with van der Waals surface area (Å²) in [7, 11) is 0. The van der Waals surface area contributed by atoms with Gasteiger partial charge in [0.1, 0.15) is 0 Å². The van der Waals surface area contributed by atoms with Gasteiger partial charge >= 0.3 is 0 Å². The Balaban J connectivity index is 1.08. The summed E-state index contributed by atoms with van der Waals surface area (Å²) in [6.07, 6.45) is 0. The lowest BCUT2D eigenvalue weighted by atomic mass is 9.80. The highest BCUT2D eigenvalue weighted by Gasteiger charge is 2.37. The molecule has 11 rings (SSSR count). The molecule has 0 aromatic heterocycles. The van der Waals surface area contributed by atoms with Crippen LogP contribution in [-0.2, 0) is 5.41 Å². The SMILES string of the molecule is CC1(C)c2ccc(-c3c4ccccc4c(-c4ccc(-c5ccc6ccc7ccccc7c6c5)cc4)c4ccccc34)cc2-c2ccc3ccccc3c21. The monoisotopic (exact) mass is 672 g/mol. The van der Waals surface area contributed by atoms with Crippen LogP contribution in [0.2, 0.25) is 0 Å². The molecule has 0 fully saturated rings. The summed E-state index contributed by atoms with van der Waals surface area (Å²) >= 11 is 0. The van der Waals surface area contributed by atoms with Crippen LogP contribution in [0.4, 0.5) is 0 Å². The zero-order chi connectivity index (χ0) is 35.3. The Morgan fingerprint density at radius 2 is 0.755 bits per heavy atom. The highest BCUT2D eigenvalue weighted by molar-refractivity contribution is 6.21. The molecule has 0 radical (unpaired) electrons. The summed E-state index contributed by atoms with van der Waals surface area (Å²) in [6.45, 7) is 4.77. The predicted molar refractivity (Wildman–Crippen MR) is 228 cm³/mol. The average molecular weight is 673 g/mol. The maximum atomic E-state index is 2.47.